The molecule has 1 aromatic rings. The smallest absolute Gasteiger partial charge is 0.236 e. The van der Waals surface area contributed by atoms with E-state index in [4.69, 9.17) is 0 Å². The molecule has 1 aliphatic heterocycles. The Balaban J connectivity index is 2.20. The predicted molar refractivity (Wildman–Crippen MR) is 76.5 cm³/mol. The summed E-state index contributed by atoms with van der Waals surface area (Å²) in [7, 11) is 1.87. The van der Waals surface area contributed by atoms with Crippen LogP contribution >= 0.6 is 11.8 Å². The molecule has 0 saturated carbocycles. The van der Waals surface area contributed by atoms with Gasteiger partial charge in [0.2, 0.25) is 5.91 Å². The molecule has 0 radical (unpaired) electrons. The quantitative estimate of drug-likeness (QED) is 0.900. The van der Waals surface area contributed by atoms with Crippen LogP contribution in [-0.4, -0.2) is 36.2 Å². The highest BCUT2D eigenvalue weighted by Crippen LogP contribution is 2.43. The second-order valence-electron chi connectivity index (χ2n) is 4.57. The molecule has 0 aromatic heterocycles. The molecule has 3 nitrogen and oxygen atoms in total. The molecule has 5 heteroatoms. The van der Waals surface area contributed by atoms with E-state index in [-0.39, 0.29) is 22.3 Å². The fourth-order valence-corrected chi connectivity index (χ4v) is 3.63. The fraction of sp³-hybridized carbons (Fsp3) is 0.500. The molecule has 1 heterocycles. The second kappa shape index (κ2) is 6.39. The zero-order valence-corrected chi connectivity index (χ0v) is 12.0. The lowest BCUT2D eigenvalue weighted by Crippen LogP contribution is -2.35. The van der Waals surface area contributed by atoms with Crippen LogP contribution in [0.5, 0.6) is 0 Å². The topological polar surface area (TPSA) is 32.3 Å². The summed E-state index contributed by atoms with van der Waals surface area (Å²) in [6.07, 6.45) is 0.831. The van der Waals surface area contributed by atoms with Crippen molar-refractivity contribution in [3.8, 4) is 0 Å². The van der Waals surface area contributed by atoms with E-state index < -0.39 is 0 Å². The molecule has 0 bridgehead atoms. The van der Waals surface area contributed by atoms with Crippen molar-refractivity contribution in [3.05, 3.63) is 35.6 Å². The highest BCUT2D eigenvalue weighted by molar-refractivity contribution is 8.01. The van der Waals surface area contributed by atoms with E-state index in [9.17, 15) is 9.18 Å². The average molecular weight is 282 g/mol. The molecule has 0 unspecified atom stereocenters. The van der Waals surface area contributed by atoms with Gasteiger partial charge in [-0.2, -0.15) is 0 Å². The molecule has 19 heavy (non-hydrogen) atoms. The summed E-state index contributed by atoms with van der Waals surface area (Å²) in [5.74, 6) is -0.0519. The van der Waals surface area contributed by atoms with E-state index in [0.717, 1.165) is 18.5 Å². The van der Waals surface area contributed by atoms with Crippen LogP contribution in [0.25, 0.3) is 0 Å². The number of nitrogens with one attached hydrogen (secondary N) is 1. The number of rotatable bonds is 5. The van der Waals surface area contributed by atoms with Crippen molar-refractivity contribution in [1.29, 1.82) is 0 Å². The Morgan fingerprint density at radius 3 is 2.63 bits per heavy atom. The maximum atomic E-state index is 13.0. The Labute approximate surface area is 117 Å². The molecule has 1 N–H and O–H groups in total. The maximum Gasteiger partial charge on any atom is 0.236 e. The van der Waals surface area contributed by atoms with Crippen molar-refractivity contribution in [3.63, 3.8) is 0 Å². The summed E-state index contributed by atoms with van der Waals surface area (Å²) in [6.45, 7) is 3.47. The minimum absolute atomic E-state index is 0.00593. The van der Waals surface area contributed by atoms with Gasteiger partial charge in [-0.3, -0.25) is 4.79 Å². The summed E-state index contributed by atoms with van der Waals surface area (Å²) >= 11 is 1.66. The van der Waals surface area contributed by atoms with Crippen molar-refractivity contribution < 1.29 is 9.18 Å². The van der Waals surface area contributed by atoms with Crippen LogP contribution in [-0.2, 0) is 4.79 Å². The van der Waals surface area contributed by atoms with Gasteiger partial charge in [-0.25, -0.2) is 4.39 Å². The molecule has 2 rings (SSSR count). The summed E-state index contributed by atoms with van der Waals surface area (Å²) < 4.78 is 13.0. The Kier molecular flexibility index (Phi) is 4.82. The Bertz CT molecular complexity index is 438. The maximum absolute atomic E-state index is 13.0. The molecule has 1 fully saturated rings. The van der Waals surface area contributed by atoms with Crippen molar-refractivity contribution in [2.45, 2.75) is 24.0 Å². The van der Waals surface area contributed by atoms with Crippen molar-refractivity contribution >= 4 is 17.7 Å². The lowest BCUT2D eigenvalue weighted by Gasteiger charge is -2.24. The lowest BCUT2D eigenvalue weighted by molar-refractivity contribution is -0.130. The summed E-state index contributed by atoms with van der Waals surface area (Å²) in [5, 5.41) is 3.09. The number of carbonyl (C=O) groups excluding carboxylic acids is 1. The third-order valence-corrected chi connectivity index (χ3v) is 4.91. The van der Waals surface area contributed by atoms with E-state index in [1.165, 1.54) is 12.1 Å². The third kappa shape index (κ3) is 3.09. The third-order valence-electron chi connectivity index (χ3n) is 3.26. The van der Waals surface area contributed by atoms with Gasteiger partial charge >= 0.3 is 0 Å². The van der Waals surface area contributed by atoms with Crippen molar-refractivity contribution in [2.75, 3.05) is 20.1 Å². The Morgan fingerprint density at radius 1 is 1.37 bits per heavy atom. The minimum atomic E-state index is -0.244. The minimum Gasteiger partial charge on any atom is -0.324 e. The summed E-state index contributed by atoms with van der Waals surface area (Å²) in [6, 6.07) is 6.45. The van der Waals surface area contributed by atoms with Gasteiger partial charge in [-0.1, -0.05) is 19.1 Å². The van der Waals surface area contributed by atoms with E-state index in [1.54, 1.807) is 23.9 Å². The highest BCUT2D eigenvalue weighted by Gasteiger charge is 2.39. The van der Waals surface area contributed by atoms with Crippen LogP contribution in [0.1, 0.15) is 24.3 Å². The van der Waals surface area contributed by atoms with Gasteiger partial charge in [0.1, 0.15) is 11.2 Å². The van der Waals surface area contributed by atoms with Crippen LogP contribution < -0.4 is 5.32 Å². The number of carbonyl (C=O) groups is 1. The zero-order valence-electron chi connectivity index (χ0n) is 11.2. The van der Waals surface area contributed by atoms with Gasteiger partial charge in [-0.15, -0.1) is 11.8 Å². The standard InChI is InChI=1S/C14H19FN2OS/c1-3-12-13(18)17(9-8-16-2)14(19-12)10-4-6-11(15)7-5-10/h4-7,12,14,16H,3,8-9H2,1-2H3/t12-,14+/m1/s1. The molecule has 1 amide bonds. The van der Waals surface area contributed by atoms with Crippen LogP contribution in [0.2, 0.25) is 0 Å². The summed E-state index contributed by atoms with van der Waals surface area (Å²) in [4.78, 5) is 14.2. The number of hydrogen-bond donors (Lipinski definition) is 1. The number of benzene rings is 1. The van der Waals surface area contributed by atoms with E-state index in [2.05, 4.69) is 5.32 Å². The van der Waals surface area contributed by atoms with Crippen LogP contribution in [0, 0.1) is 5.82 Å². The van der Waals surface area contributed by atoms with Crippen molar-refractivity contribution in [1.82, 2.24) is 10.2 Å². The molecule has 0 spiro atoms. The summed E-state index contributed by atoms with van der Waals surface area (Å²) in [5.41, 5.74) is 0.992. The molecule has 104 valence electrons. The number of thioether (sulfide) groups is 1. The lowest BCUT2D eigenvalue weighted by atomic mass is 10.2. The van der Waals surface area contributed by atoms with E-state index in [0.29, 0.717) is 6.54 Å². The van der Waals surface area contributed by atoms with Crippen molar-refractivity contribution in [2.24, 2.45) is 0 Å². The highest BCUT2D eigenvalue weighted by atomic mass is 32.2. The normalized spacial score (nSPS) is 23.1. The average Bonchev–Trinajstić information content (AvgIpc) is 2.74. The molecular weight excluding hydrogens is 263 g/mol. The first-order valence-electron chi connectivity index (χ1n) is 6.53. The fourth-order valence-electron chi connectivity index (χ4n) is 2.20. The number of likely N-dealkylation sites (N-methyl/N-ethyl adjacent to an activating group) is 1. The SMILES string of the molecule is CC[C@H]1S[C@@H](c2ccc(F)cc2)N(CCNC)C1=O. The monoisotopic (exact) mass is 282 g/mol. The van der Waals surface area contributed by atoms with Gasteiger partial charge in [0, 0.05) is 13.1 Å². The van der Waals surface area contributed by atoms with E-state index in [1.807, 2.05) is 18.9 Å². The first-order chi connectivity index (χ1) is 9.17. The van der Waals surface area contributed by atoms with Crippen LogP contribution in [0.15, 0.2) is 24.3 Å². The van der Waals surface area contributed by atoms with Crippen LogP contribution in [0.3, 0.4) is 0 Å². The first-order valence-corrected chi connectivity index (χ1v) is 7.47. The van der Waals surface area contributed by atoms with E-state index >= 15 is 0 Å². The Hall–Kier alpha value is -1.07. The zero-order chi connectivity index (χ0) is 13.8. The number of nitrogens with zero attached hydrogens (tertiary/aromatic N) is 1. The molecule has 0 aliphatic carbocycles. The van der Waals surface area contributed by atoms with Gasteiger partial charge < -0.3 is 10.2 Å². The number of halogens is 1. The van der Waals surface area contributed by atoms with Gasteiger partial charge in [-0.05, 0) is 31.2 Å². The van der Waals surface area contributed by atoms with Gasteiger partial charge in [0.05, 0.1) is 5.25 Å². The second-order valence-corrected chi connectivity index (χ2v) is 5.86. The van der Waals surface area contributed by atoms with Gasteiger partial charge in [0.15, 0.2) is 0 Å². The number of hydrogen-bond acceptors (Lipinski definition) is 3. The molecular formula is C14H19FN2OS. The van der Waals surface area contributed by atoms with Gasteiger partial charge in [0.25, 0.3) is 0 Å². The van der Waals surface area contributed by atoms with Crippen LogP contribution in [0.4, 0.5) is 4.39 Å². The number of amides is 1. The molecule has 2 atom stereocenters. The molecule has 1 aromatic carbocycles. The largest absolute Gasteiger partial charge is 0.324 e. The molecule has 1 aliphatic rings. The Morgan fingerprint density at radius 2 is 2.05 bits per heavy atom. The first kappa shape index (κ1) is 14.3. The predicted octanol–water partition coefficient (Wildman–Crippen LogP) is 2.40. The molecule has 1 saturated heterocycles.